The van der Waals surface area contributed by atoms with Crippen LogP contribution in [-0.2, 0) is 4.79 Å². The number of nitrogens with zero attached hydrogens (tertiary/aromatic N) is 1. The second kappa shape index (κ2) is 5.38. The van der Waals surface area contributed by atoms with E-state index in [0.717, 1.165) is 24.9 Å². The maximum Gasteiger partial charge on any atom is 0.239 e. The van der Waals surface area contributed by atoms with E-state index in [0.29, 0.717) is 0 Å². The van der Waals surface area contributed by atoms with Crippen molar-refractivity contribution in [1.29, 1.82) is 0 Å². The van der Waals surface area contributed by atoms with E-state index in [9.17, 15) is 4.79 Å². The van der Waals surface area contributed by atoms with E-state index in [1.807, 2.05) is 18.7 Å². The molecule has 2 fully saturated rings. The van der Waals surface area contributed by atoms with Gasteiger partial charge in [0.05, 0.1) is 6.04 Å². The van der Waals surface area contributed by atoms with Gasteiger partial charge in [0, 0.05) is 13.1 Å². The summed E-state index contributed by atoms with van der Waals surface area (Å²) in [6.45, 7) is 5.94. The lowest BCUT2D eigenvalue weighted by molar-refractivity contribution is -0.136. The summed E-state index contributed by atoms with van der Waals surface area (Å²) in [5.74, 6) is 2.04. The lowest BCUT2D eigenvalue weighted by Crippen LogP contribution is -2.52. The van der Waals surface area contributed by atoms with Crippen LogP contribution in [0.4, 0.5) is 0 Å². The zero-order chi connectivity index (χ0) is 12.4. The molecule has 1 saturated heterocycles. The zero-order valence-corrected chi connectivity index (χ0v) is 11.2. The first-order chi connectivity index (χ1) is 8.09. The molecular weight excluding hydrogens is 212 g/mol. The highest BCUT2D eigenvalue weighted by molar-refractivity contribution is 5.82. The van der Waals surface area contributed by atoms with Gasteiger partial charge in [0.25, 0.3) is 0 Å². The largest absolute Gasteiger partial charge is 0.341 e. The molecule has 17 heavy (non-hydrogen) atoms. The van der Waals surface area contributed by atoms with Crippen LogP contribution in [0.2, 0.25) is 0 Å². The number of nitrogens with two attached hydrogens (primary N) is 1. The zero-order valence-electron chi connectivity index (χ0n) is 11.2. The Bertz CT molecular complexity index is 277. The maximum absolute atomic E-state index is 12.2. The number of amides is 1. The summed E-state index contributed by atoms with van der Waals surface area (Å²) in [7, 11) is 0. The predicted octanol–water partition coefficient (Wildman–Crippen LogP) is 2.01. The van der Waals surface area contributed by atoms with Crippen molar-refractivity contribution in [3.05, 3.63) is 0 Å². The van der Waals surface area contributed by atoms with Crippen LogP contribution in [0.5, 0.6) is 0 Å². The van der Waals surface area contributed by atoms with Crippen LogP contribution in [0.15, 0.2) is 0 Å². The Morgan fingerprint density at radius 2 is 1.82 bits per heavy atom. The Morgan fingerprint density at radius 3 is 2.47 bits per heavy atom. The number of carbonyl (C=O) groups is 1. The fraction of sp³-hybridized carbons (Fsp3) is 0.929. The molecule has 0 aromatic rings. The molecule has 2 aliphatic rings. The van der Waals surface area contributed by atoms with Gasteiger partial charge >= 0.3 is 0 Å². The van der Waals surface area contributed by atoms with Gasteiger partial charge in [-0.2, -0.15) is 0 Å². The van der Waals surface area contributed by atoms with Crippen LogP contribution in [0.3, 0.4) is 0 Å². The van der Waals surface area contributed by atoms with Crippen molar-refractivity contribution in [3.8, 4) is 0 Å². The molecule has 1 saturated carbocycles. The monoisotopic (exact) mass is 238 g/mol. The Labute approximate surface area is 105 Å². The number of likely N-dealkylation sites (tertiary alicyclic amines) is 1. The van der Waals surface area contributed by atoms with Gasteiger partial charge in [-0.15, -0.1) is 0 Å². The molecule has 3 heteroatoms. The summed E-state index contributed by atoms with van der Waals surface area (Å²) >= 11 is 0. The van der Waals surface area contributed by atoms with Crippen LogP contribution in [-0.4, -0.2) is 29.9 Å². The summed E-state index contributed by atoms with van der Waals surface area (Å²) in [4.78, 5) is 14.2. The summed E-state index contributed by atoms with van der Waals surface area (Å²) in [5, 5.41) is 0. The summed E-state index contributed by atoms with van der Waals surface area (Å²) in [6, 6.07) is -0.310. The third-order valence-corrected chi connectivity index (χ3v) is 4.61. The van der Waals surface area contributed by atoms with Gasteiger partial charge in [0.15, 0.2) is 0 Å². The van der Waals surface area contributed by atoms with E-state index < -0.39 is 0 Å². The lowest BCUT2D eigenvalue weighted by atomic mass is 9.75. The van der Waals surface area contributed by atoms with E-state index in [4.69, 9.17) is 5.73 Å². The van der Waals surface area contributed by atoms with Gasteiger partial charge in [-0.25, -0.2) is 0 Å². The predicted molar refractivity (Wildman–Crippen MR) is 69.5 cm³/mol. The smallest absolute Gasteiger partial charge is 0.239 e. The SMILES string of the molecule is CC(C)[C@H](N)C(=O)N1CCC2CCCCC2C1. The van der Waals surface area contributed by atoms with E-state index in [-0.39, 0.29) is 17.9 Å². The highest BCUT2D eigenvalue weighted by Gasteiger charge is 2.34. The first kappa shape index (κ1) is 12.9. The molecule has 98 valence electrons. The highest BCUT2D eigenvalue weighted by atomic mass is 16.2. The topological polar surface area (TPSA) is 46.3 Å². The fourth-order valence-electron chi connectivity index (χ4n) is 3.30. The fourth-order valence-corrected chi connectivity index (χ4v) is 3.30. The second-order valence-electron chi connectivity index (χ2n) is 6.15. The number of fused-ring (bicyclic) bond motifs is 1. The third kappa shape index (κ3) is 2.82. The van der Waals surface area contributed by atoms with Crippen LogP contribution in [0.1, 0.15) is 46.0 Å². The first-order valence-electron chi connectivity index (χ1n) is 7.14. The standard InChI is InChI=1S/C14H26N2O/c1-10(2)13(15)14(17)16-8-7-11-5-3-4-6-12(11)9-16/h10-13H,3-9,15H2,1-2H3/t11?,12?,13-/m0/s1. The molecule has 1 heterocycles. The van der Waals surface area contributed by atoms with Crippen LogP contribution < -0.4 is 5.73 Å². The minimum atomic E-state index is -0.310. The van der Waals surface area contributed by atoms with E-state index in [1.165, 1.54) is 32.1 Å². The summed E-state index contributed by atoms with van der Waals surface area (Å²) in [6.07, 6.45) is 6.62. The van der Waals surface area contributed by atoms with E-state index >= 15 is 0 Å². The molecular formula is C14H26N2O. The molecule has 1 aliphatic heterocycles. The average Bonchev–Trinajstić information content (AvgIpc) is 2.36. The Morgan fingerprint density at radius 1 is 1.18 bits per heavy atom. The Balaban J connectivity index is 1.93. The summed E-state index contributed by atoms with van der Waals surface area (Å²) < 4.78 is 0. The van der Waals surface area contributed by atoms with Gasteiger partial charge in [0.1, 0.15) is 0 Å². The first-order valence-corrected chi connectivity index (χ1v) is 7.14. The molecule has 2 N–H and O–H groups in total. The quantitative estimate of drug-likeness (QED) is 0.800. The normalized spacial score (nSPS) is 31.2. The van der Waals surface area contributed by atoms with E-state index in [1.54, 1.807) is 0 Å². The lowest BCUT2D eigenvalue weighted by Gasteiger charge is -2.42. The minimum absolute atomic E-state index is 0.170. The molecule has 2 rings (SSSR count). The molecule has 3 nitrogen and oxygen atoms in total. The van der Waals surface area contributed by atoms with Crippen LogP contribution in [0, 0.1) is 17.8 Å². The molecule has 0 bridgehead atoms. The van der Waals surface area contributed by atoms with Crippen molar-refractivity contribution >= 4 is 5.91 Å². The molecule has 0 spiro atoms. The molecule has 0 radical (unpaired) electrons. The molecule has 3 atom stereocenters. The molecule has 1 aliphatic carbocycles. The van der Waals surface area contributed by atoms with Gasteiger partial charge in [-0.1, -0.05) is 33.1 Å². The van der Waals surface area contributed by atoms with Crippen LogP contribution in [0.25, 0.3) is 0 Å². The number of piperidine rings is 1. The Hall–Kier alpha value is -0.570. The minimum Gasteiger partial charge on any atom is -0.341 e. The van der Waals surface area contributed by atoms with Crippen molar-refractivity contribution in [1.82, 2.24) is 4.90 Å². The van der Waals surface area contributed by atoms with E-state index in [2.05, 4.69) is 0 Å². The maximum atomic E-state index is 12.2. The molecule has 0 aromatic carbocycles. The second-order valence-corrected chi connectivity index (χ2v) is 6.15. The number of hydrogen-bond acceptors (Lipinski definition) is 2. The molecule has 1 amide bonds. The van der Waals surface area contributed by atoms with Crippen molar-refractivity contribution in [2.45, 2.75) is 52.0 Å². The van der Waals surface area contributed by atoms with Crippen LogP contribution >= 0.6 is 0 Å². The number of hydrogen-bond donors (Lipinski definition) is 1. The van der Waals surface area contributed by atoms with Gasteiger partial charge in [0.2, 0.25) is 5.91 Å². The van der Waals surface area contributed by atoms with Gasteiger partial charge < -0.3 is 10.6 Å². The number of carbonyl (C=O) groups excluding carboxylic acids is 1. The summed E-state index contributed by atoms with van der Waals surface area (Å²) in [5.41, 5.74) is 5.97. The van der Waals surface area contributed by atoms with Crippen molar-refractivity contribution in [3.63, 3.8) is 0 Å². The van der Waals surface area contributed by atoms with Crippen molar-refractivity contribution in [2.75, 3.05) is 13.1 Å². The van der Waals surface area contributed by atoms with Crippen molar-refractivity contribution in [2.24, 2.45) is 23.5 Å². The third-order valence-electron chi connectivity index (χ3n) is 4.61. The number of rotatable bonds is 2. The average molecular weight is 238 g/mol. The van der Waals surface area contributed by atoms with Crippen molar-refractivity contribution < 1.29 is 4.79 Å². The molecule has 2 unspecified atom stereocenters. The Kier molecular flexibility index (Phi) is 4.08. The molecule has 0 aromatic heterocycles. The highest BCUT2D eigenvalue weighted by Crippen LogP contribution is 2.36. The van der Waals surface area contributed by atoms with Gasteiger partial charge in [-0.3, -0.25) is 4.79 Å². The van der Waals surface area contributed by atoms with Gasteiger partial charge in [-0.05, 0) is 30.6 Å².